The van der Waals surface area contributed by atoms with E-state index in [2.05, 4.69) is 35.2 Å². The Morgan fingerprint density at radius 3 is 2.28 bits per heavy atom. The van der Waals surface area contributed by atoms with Crippen molar-refractivity contribution in [3.63, 3.8) is 0 Å². The number of aromatic nitrogens is 1. The number of carbonyl (C=O) groups excluding carboxylic acids is 1. The van der Waals surface area contributed by atoms with Crippen molar-refractivity contribution in [2.45, 2.75) is 70.3 Å². The van der Waals surface area contributed by atoms with E-state index in [1.54, 1.807) is 25.2 Å². The van der Waals surface area contributed by atoms with Gasteiger partial charge in [-0.3, -0.25) is 4.79 Å². The number of sulfone groups is 1. The normalized spacial score (nSPS) is 23.0. The smallest absolute Gasteiger partial charge is 0.153 e. The molecule has 1 aliphatic heterocycles. The number of rotatable bonds is 8. The van der Waals surface area contributed by atoms with Gasteiger partial charge in [0, 0.05) is 42.6 Å². The first-order valence-electron chi connectivity index (χ1n) is 15.3. The van der Waals surface area contributed by atoms with Crippen LogP contribution in [0.25, 0.3) is 21.0 Å². The highest BCUT2D eigenvalue weighted by molar-refractivity contribution is 7.91. The van der Waals surface area contributed by atoms with Crippen LogP contribution in [0.1, 0.15) is 76.0 Å². The van der Waals surface area contributed by atoms with Gasteiger partial charge in [0.2, 0.25) is 0 Å². The van der Waals surface area contributed by atoms with Gasteiger partial charge < -0.3 is 10.0 Å². The van der Waals surface area contributed by atoms with Gasteiger partial charge in [-0.15, -0.1) is 11.3 Å². The maximum Gasteiger partial charge on any atom is 0.153 e. The van der Waals surface area contributed by atoms with Crippen molar-refractivity contribution in [2.24, 2.45) is 11.3 Å². The first-order valence-corrected chi connectivity index (χ1v) is 17.9. The lowest BCUT2D eigenvalue weighted by atomic mass is 9.73. The van der Waals surface area contributed by atoms with Crippen molar-refractivity contribution < 1.29 is 18.3 Å². The Bertz CT molecular complexity index is 1630. The number of nitriles is 1. The van der Waals surface area contributed by atoms with Gasteiger partial charge >= 0.3 is 0 Å². The second-order valence-corrected chi connectivity index (χ2v) is 16.4. The van der Waals surface area contributed by atoms with Gasteiger partial charge in [0.05, 0.1) is 39.2 Å². The van der Waals surface area contributed by atoms with Crippen LogP contribution in [0.3, 0.4) is 0 Å². The van der Waals surface area contributed by atoms with E-state index < -0.39 is 20.9 Å². The molecular weight excluding hydrogens is 579 g/mol. The molecule has 7 nitrogen and oxygen atoms in total. The molecule has 6 rings (SSSR count). The van der Waals surface area contributed by atoms with Crippen molar-refractivity contribution >= 4 is 32.6 Å². The minimum absolute atomic E-state index is 0.00151. The Morgan fingerprint density at radius 2 is 1.67 bits per heavy atom. The molecule has 3 aromatic rings. The van der Waals surface area contributed by atoms with Crippen LogP contribution >= 0.6 is 11.3 Å². The minimum Gasteiger partial charge on any atom is -0.386 e. The highest BCUT2D eigenvalue weighted by Crippen LogP contribution is 2.51. The van der Waals surface area contributed by atoms with Gasteiger partial charge in [-0.05, 0) is 62.8 Å². The summed E-state index contributed by atoms with van der Waals surface area (Å²) in [5, 5.41) is 21.0. The molecule has 2 saturated carbocycles. The average Bonchev–Trinajstić information content (AvgIpc) is 3.63. The maximum absolute atomic E-state index is 13.7. The topological polar surface area (TPSA) is 111 Å². The van der Waals surface area contributed by atoms with Gasteiger partial charge in [0.1, 0.15) is 10.8 Å². The van der Waals surface area contributed by atoms with Crippen molar-refractivity contribution in [2.75, 3.05) is 29.5 Å². The van der Waals surface area contributed by atoms with Crippen LogP contribution in [0, 0.1) is 22.7 Å². The minimum atomic E-state index is -2.96. The van der Waals surface area contributed by atoms with E-state index in [1.165, 1.54) is 0 Å². The maximum atomic E-state index is 13.7. The number of hydrogen-bond donors (Lipinski definition) is 1. The standard InChI is InChI=1S/C34H39N3O4S2/c1-33(2,39)25-11-7-24(8-12-25)32-36-30(28-6-4-3-5-27(28)29(38)21-34(22-35)15-16-34)31(42-32)23-9-13-26(14-10-23)37-17-19-43(40,41)20-18-37/h7-14,27-28,39H,3-6,15-21H2,1-2H3/t27-,28-/m1/s1. The molecular formula is C34H39N3O4S2. The first kappa shape index (κ1) is 30.0. The Morgan fingerprint density at radius 1 is 1.05 bits per heavy atom. The van der Waals surface area contributed by atoms with E-state index in [0.717, 1.165) is 76.5 Å². The molecule has 0 amide bonds. The SMILES string of the molecule is CC(C)(O)c1ccc(-c2nc([C@@H]3CCCC[C@H]3C(=O)CC3(C#N)CC3)c(-c3ccc(N4CCS(=O)(=O)CC4)cc3)s2)cc1. The number of hydrogen-bond acceptors (Lipinski definition) is 8. The lowest BCUT2D eigenvalue weighted by Crippen LogP contribution is -2.40. The molecule has 1 aromatic heterocycles. The third-order valence-corrected chi connectivity index (χ3v) is 12.2. The number of benzene rings is 2. The molecule has 0 bridgehead atoms. The Labute approximate surface area is 258 Å². The number of nitrogens with zero attached hydrogens (tertiary/aromatic N) is 3. The number of thiazole rings is 1. The van der Waals surface area contributed by atoms with Crippen LogP contribution < -0.4 is 4.90 Å². The van der Waals surface area contributed by atoms with E-state index in [-0.39, 0.29) is 29.1 Å². The van der Waals surface area contributed by atoms with Crippen LogP contribution in [0.15, 0.2) is 48.5 Å². The van der Waals surface area contributed by atoms with Gasteiger partial charge in [-0.2, -0.15) is 5.26 Å². The Kier molecular flexibility index (Phi) is 7.99. The van der Waals surface area contributed by atoms with Crippen LogP contribution in [0.5, 0.6) is 0 Å². The number of Topliss-reactive ketones (excluding diaryl/α,β-unsaturated/α-hetero) is 1. The molecule has 2 heterocycles. The van der Waals surface area contributed by atoms with Gasteiger partial charge in [0.25, 0.3) is 0 Å². The third-order valence-electron chi connectivity index (χ3n) is 9.46. The number of carbonyl (C=O) groups is 1. The predicted octanol–water partition coefficient (Wildman–Crippen LogP) is 6.48. The van der Waals surface area contributed by atoms with Gasteiger partial charge in [0.15, 0.2) is 9.84 Å². The summed E-state index contributed by atoms with van der Waals surface area (Å²) in [4.78, 5) is 22.1. The molecule has 1 saturated heterocycles. The van der Waals surface area contributed by atoms with E-state index in [1.807, 2.05) is 24.3 Å². The zero-order valence-corrected chi connectivity index (χ0v) is 26.5. The summed E-state index contributed by atoms with van der Waals surface area (Å²) in [7, 11) is -2.96. The zero-order valence-electron chi connectivity index (χ0n) is 24.9. The largest absolute Gasteiger partial charge is 0.386 e. The Balaban J connectivity index is 1.35. The summed E-state index contributed by atoms with van der Waals surface area (Å²) < 4.78 is 23.9. The molecule has 0 radical (unpaired) electrons. The van der Waals surface area contributed by atoms with E-state index in [4.69, 9.17) is 4.98 Å². The monoisotopic (exact) mass is 617 g/mol. The second-order valence-electron chi connectivity index (χ2n) is 13.1. The quantitative estimate of drug-likeness (QED) is 0.308. The molecule has 43 heavy (non-hydrogen) atoms. The van der Waals surface area contributed by atoms with Crippen LogP contribution in [0.2, 0.25) is 0 Å². The highest BCUT2D eigenvalue weighted by Gasteiger charge is 2.47. The van der Waals surface area contributed by atoms with Crippen LogP contribution in [0.4, 0.5) is 5.69 Å². The van der Waals surface area contributed by atoms with Gasteiger partial charge in [-0.1, -0.05) is 49.2 Å². The van der Waals surface area contributed by atoms with E-state index in [9.17, 15) is 23.6 Å². The molecule has 226 valence electrons. The molecule has 9 heteroatoms. The zero-order chi connectivity index (χ0) is 30.4. The van der Waals surface area contributed by atoms with E-state index in [0.29, 0.717) is 19.5 Å². The molecule has 2 atom stereocenters. The lowest BCUT2D eigenvalue weighted by Gasteiger charge is -2.31. The molecule has 3 aliphatic rings. The second kappa shape index (κ2) is 11.5. The average molecular weight is 618 g/mol. The molecule has 0 unspecified atom stereocenters. The van der Waals surface area contributed by atoms with Gasteiger partial charge in [-0.25, -0.2) is 13.4 Å². The third kappa shape index (κ3) is 6.43. The Hall–Kier alpha value is -3.06. The lowest BCUT2D eigenvalue weighted by molar-refractivity contribution is -0.125. The fourth-order valence-corrected chi connectivity index (χ4v) is 8.86. The molecule has 2 aromatic carbocycles. The number of ketones is 1. The summed E-state index contributed by atoms with van der Waals surface area (Å²) in [6, 6.07) is 18.6. The van der Waals surface area contributed by atoms with Crippen LogP contribution in [-0.2, 0) is 20.2 Å². The molecule has 0 spiro atoms. The summed E-state index contributed by atoms with van der Waals surface area (Å²) in [6.45, 7) is 4.53. The molecule has 3 fully saturated rings. The number of aliphatic hydroxyl groups is 1. The van der Waals surface area contributed by atoms with Crippen molar-refractivity contribution in [3.8, 4) is 27.1 Å². The predicted molar refractivity (Wildman–Crippen MR) is 171 cm³/mol. The fourth-order valence-electron chi connectivity index (χ4n) is 6.52. The molecule has 1 N–H and O–H groups in total. The fraction of sp³-hybridized carbons (Fsp3) is 0.500. The number of anilines is 1. The first-order chi connectivity index (χ1) is 20.5. The summed E-state index contributed by atoms with van der Waals surface area (Å²) in [5.74, 6) is 0.411. The van der Waals surface area contributed by atoms with Crippen molar-refractivity contribution in [1.82, 2.24) is 4.98 Å². The summed E-state index contributed by atoms with van der Waals surface area (Å²) >= 11 is 1.63. The summed E-state index contributed by atoms with van der Waals surface area (Å²) in [6.07, 6.45) is 5.75. The van der Waals surface area contributed by atoms with Crippen LogP contribution in [-0.4, -0.2) is 48.9 Å². The van der Waals surface area contributed by atoms with Crippen molar-refractivity contribution in [3.05, 3.63) is 59.8 Å². The summed E-state index contributed by atoms with van der Waals surface area (Å²) in [5.41, 5.74) is 3.41. The van der Waals surface area contributed by atoms with Crippen molar-refractivity contribution in [1.29, 1.82) is 5.26 Å². The highest BCUT2D eigenvalue weighted by atomic mass is 32.2. The van der Waals surface area contributed by atoms with E-state index >= 15 is 0 Å². The molecule has 2 aliphatic carbocycles.